The fourth-order valence-electron chi connectivity index (χ4n) is 1.37. The Labute approximate surface area is 119 Å². The number of hydrogen-bond acceptors (Lipinski definition) is 4. The van der Waals surface area contributed by atoms with Crippen LogP contribution in [0.4, 0.5) is 0 Å². The zero-order valence-corrected chi connectivity index (χ0v) is 12.6. The average molecular weight is 358 g/mol. The minimum Gasteiger partial charge on any atom is -0.271 e. The van der Waals surface area contributed by atoms with Gasteiger partial charge in [0.1, 0.15) is 0 Å². The number of nitrogens with one attached hydrogen (secondary N) is 1. The summed E-state index contributed by atoms with van der Waals surface area (Å²) in [6.07, 6.45) is 0. The highest BCUT2D eigenvalue weighted by atomic mass is 79.9. The molecule has 0 aromatic carbocycles. The van der Waals surface area contributed by atoms with Crippen molar-refractivity contribution in [2.75, 3.05) is 0 Å². The van der Waals surface area contributed by atoms with Crippen LogP contribution in [-0.4, -0.2) is 0 Å². The van der Waals surface area contributed by atoms with Crippen molar-refractivity contribution in [3.8, 4) is 0 Å². The fraction of sp³-hybridized carbons (Fsp3) is 0.111. The van der Waals surface area contributed by atoms with Gasteiger partial charge in [-0.05, 0) is 33.4 Å². The van der Waals surface area contributed by atoms with Gasteiger partial charge < -0.3 is 0 Å². The van der Waals surface area contributed by atoms with E-state index in [9.17, 15) is 0 Å². The first-order valence-corrected chi connectivity index (χ1v) is 7.51. The first-order chi connectivity index (χ1) is 7.63. The highest BCUT2D eigenvalue weighted by Gasteiger charge is 2.21. The Morgan fingerprint density at radius 2 is 2.19 bits per heavy atom. The third kappa shape index (κ3) is 2.46. The van der Waals surface area contributed by atoms with Crippen LogP contribution in [0.5, 0.6) is 0 Å². The first-order valence-electron chi connectivity index (χ1n) is 4.27. The van der Waals surface area contributed by atoms with Crippen molar-refractivity contribution in [1.29, 1.82) is 0 Å². The topological polar surface area (TPSA) is 38.0 Å². The zero-order chi connectivity index (χ0) is 11.7. The molecule has 86 valence electrons. The Morgan fingerprint density at radius 1 is 1.44 bits per heavy atom. The lowest BCUT2D eigenvalue weighted by Crippen LogP contribution is -2.28. The van der Waals surface area contributed by atoms with Crippen molar-refractivity contribution < 1.29 is 0 Å². The van der Waals surface area contributed by atoms with Crippen molar-refractivity contribution in [2.45, 2.75) is 6.04 Å². The Kier molecular flexibility index (Phi) is 4.29. The standard InChI is InChI=1S/C9H7BrCl2N2S2/c10-5-1-2-15-8(5)7(14-13)4-3-6(11)16-9(4)12/h1-3,7,14H,13H2. The monoisotopic (exact) mass is 356 g/mol. The minimum absolute atomic E-state index is 0.134. The quantitative estimate of drug-likeness (QED) is 0.629. The Hall–Kier alpha value is 0.380. The molecule has 2 heterocycles. The molecule has 2 aromatic rings. The number of nitrogens with two attached hydrogens (primary N) is 1. The molecule has 3 N–H and O–H groups in total. The molecule has 16 heavy (non-hydrogen) atoms. The van der Waals surface area contributed by atoms with E-state index in [1.807, 2.05) is 17.5 Å². The van der Waals surface area contributed by atoms with Gasteiger partial charge in [-0.1, -0.05) is 23.2 Å². The predicted molar refractivity (Wildman–Crippen MR) is 75.5 cm³/mol. The van der Waals surface area contributed by atoms with Crippen molar-refractivity contribution >= 4 is 61.8 Å². The van der Waals surface area contributed by atoms with Gasteiger partial charge in [0, 0.05) is 14.9 Å². The Morgan fingerprint density at radius 3 is 2.62 bits per heavy atom. The predicted octanol–water partition coefficient (Wildman–Crippen LogP) is 4.43. The summed E-state index contributed by atoms with van der Waals surface area (Å²) in [4.78, 5) is 1.08. The number of hydrogen-bond donors (Lipinski definition) is 2. The molecule has 0 saturated carbocycles. The van der Waals surface area contributed by atoms with Gasteiger partial charge in [-0.2, -0.15) is 0 Å². The maximum atomic E-state index is 6.12. The van der Waals surface area contributed by atoms with E-state index in [0.29, 0.717) is 8.67 Å². The summed E-state index contributed by atoms with van der Waals surface area (Å²) in [6.45, 7) is 0. The summed E-state index contributed by atoms with van der Waals surface area (Å²) >= 11 is 18.5. The zero-order valence-electron chi connectivity index (χ0n) is 7.84. The second kappa shape index (κ2) is 5.35. The highest BCUT2D eigenvalue weighted by Crippen LogP contribution is 2.40. The van der Waals surface area contributed by atoms with Crippen molar-refractivity contribution in [1.82, 2.24) is 5.43 Å². The van der Waals surface area contributed by atoms with E-state index >= 15 is 0 Å². The molecular weight excluding hydrogens is 351 g/mol. The molecule has 0 spiro atoms. The molecule has 0 radical (unpaired) electrons. The first kappa shape index (κ1) is 12.8. The van der Waals surface area contributed by atoms with Gasteiger partial charge in [-0.25, -0.2) is 5.43 Å². The van der Waals surface area contributed by atoms with Gasteiger partial charge in [-0.3, -0.25) is 5.84 Å². The summed E-state index contributed by atoms with van der Waals surface area (Å²) in [7, 11) is 0. The molecule has 2 rings (SSSR count). The summed E-state index contributed by atoms with van der Waals surface area (Å²) in [5.74, 6) is 5.58. The van der Waals surface area contributed by atoms with Crippen LogP contribution in [0.3, 0.4) is 0 Å². The molecule has 1 atom stereocenters. The lowest BCUT2D eigenvalue weighted by Gasteiger charge is -2.14. The minimum atomic E-state index is -0.134. The van der Waals surface area contributed by atoms with E-state index in [0.717, 1.165) is 14.9 Å². The molecule has 0 aliphatic heterocycles. The van der Waals surface area contributed by atoms with E-state index in [4.69, 9.17) is 29.0 Å². The summed E-state index contributed by atoms with van der Waals surface area (Å²) in [6, 6.07) is 3.68. The van der Waals surface area contributed by atoms with Crippen LogP contribution in [0.1, 0.15) is 16.5 Å². The van der Waals surface area contributed by atoms with Crippen LogP contribution in [0.15, 0.2) is 22.0 Å². The third-order valence-electron chi connectivity index (χ3n) is 2.07. The normalized spacial score (nSPS) is 13.0. The van der Waals surface area contributed by atoms with Gasteiger partial charge in [-0.15, -0.1) is 22.7 Å². The fourth-order valence-corrected chi connectivity index (χ4v) is 4.58. The number of hydrazine groups is 1. The van der Waals surface area contributed by atoms with Gasteiger partial charge in [0.25, 0.3) is 0 Å². The molecule has 2 aromatic heterocycles. The van der Waals surface area contributed by atoms with Crippen LogP contribution in [0, 0.1) is 0 Å². The molecule has 1 unspecified atom stereocenters. The van der Waals surface area contributed by atoms with Crippen molar-refractivity contribution in [3.63, 3.8) is 0 Å². The molecule has 2 nitrogen and oxygen atoms in total. The SMILES string of the molecule is NNC(c1cc(Cl)sc1Cl)c1sccc1Br. The summed E-state index contributed by atoms with van der Waals surface area (Å²) in [5, 5.41) is 1.99. The maximum Gasteiger partial charge on any atom is 0.0996 e. The van der Waals surface area contributed by atoms with Gasteiger partial charge in [0.05, 0.1) is 14.7 Å². The lowest BCUT2D eigenvalue weighted by atomic mass is 10.1. The van der Waals surface area contributed by atoms with Crippen LogP contribution in [0.2, 0.25) is 8.67 Å². The van der Waals surface area contributed by atoms with E-state index in [1.165, 1.54) is 11.3 Å². The molecule has 0 aliphatic carbocycles. The molecule has 0 fully saturated rings. The largest absolute Gasteiger partial charge is 0.271 e. The average Bonchev–Trinajstić information content (AvgIpc) is 2.77. The number of rotatable bonds is 3. The molecule has 0 saturated heterocycles. The van der Waals surface area contributed by atoms with Gasteiger partial charge in [0.15, 0.2) is 0 Å². The molecule has 0 bridgehead atoms. The summed E-state index contributed by atoms with van der Waals surface area (Å²) in [5.41, 5.74) is 3.66. The maximum absolute atomic E-state index is 6.12. The highest BCUT2D eigenvalue weighted by molar-refractivity contribution is 9.10. The van der Waals surface area contributed by atoms with E-state index < -0.39 is 0 Å². The van der Waals surface area contributed by atoms with Crippen LogP contribution in [0.25, 0.3) is 0 Å². The van der Waals surface area contributed by atoms with Crippen LogP contribution >= 0.6 is 61.8 Å². The van der Waals surface area contributed by atoms with E-state index in [2.05, 4.69) is 21.4 Å². The Bertz CT molecular complexity index is 497. The summed E-state index contributed by atoms with van der Waals surface area (Å²) < 4.78 is 2.33. The Balaban J connectivity index is 2.44. The molecular formula is C9H7BrCl2N2S2. The van der Waals surface area contributed by atoms with E-state index in [1.54, 1.807) is 11.3 Å². The third-order valence-corrected chi connectivity index (χ3v) is 5.52. The number of thiophene rings is 2. The van der Waals surface area contributed by atoms with Crippen molar-refractivity contribution in [2.24, 2.45) is 5.84 Å². The molecule has 0 amide bonds. The van der Waals surface area contributed by atoms with Gasteiger partial charge in [0.2, 0.25) is 0 Å². The van der Waals surface area contributed by atoms with Crippen molar-refractivity contribution in [3.05, 3.63) is 41.1 Å². The number of halogens is 3. The molecule has 0 aliphatic rings. The lowest BCUT2D eigenvalue weighted by molar-refractivity contribution is 0.647. The van der Waals surface area contributed by atoms with Crippen LogP contribution in [-0.2, 0) is 0 Å². The molecule has 7 heteroatoms. The van der Waals surface area contributed by atoms with Crippen LogP contribution < -0.4 is 11.3 Å². The van der Waals surface area contributed by atoms with E-state index in [-0.39, 0.29) is 6.04 Å². The second-order valence-corrected chi connectivity index (χ2v) is 7.10. The van der Waals surface area contributed by atoms with Gasteiger partial charge >= 0.3 is 0 Å². The smallest absolute Gasteiger partial charge is 0.0996 e. The second-order valence-electron chi connectivity index (χ2n) is 3.01.